The minimum atomic E-state index is 0.719. The maximum atomic E-state index is 5.42. The van der Waals surface area contributed by atoms with Crippen molar-refractivity contribution >= 4 is 5.96 Å². The highest BCUT2D eigenvalue weighted by Gasteiger charge is 2.12. The fourth-order valence-electron chi connectivity index (χ4n) is 4.06. The topological polar surface area (TPSA) is 52.1 Å². The highest BCUT2D eigenvalue weighted by atomic mass is 16.5. The standard InChI is InChI=1S/C23H39N5O/c1-2-24-23(25-11-14-27-15-17-29-18-16-27)26-19-21-9-5-6-10-22(21)20-28-12-7-3-4-8-13-28/h5-6,9-10H,2-4,7-8,11-20H2,1H3,(H2,24,25,26). The highest BCUT2D eigenvalue weighted by molar-refractivity contribution is 5.79. The van der Waals surface area contributed by atoms with Gasteiger partial charge < -0.3 is 15.4 Å². The molecule has 0 saturated carbocycles. The zero-order valence-corrected chi connectivity index (χ0v) is 18.2. The van der Waals surface area contributed by atoms with Crippen molar-refractivity contribution in [2.75, 3.05) is 59.0 Å². The Morgan fingerprint density at radius 1 is 0.931 bits per heavy atom. The lowest BCUT2D eigenvalue weighted by Gasteiger charge is -2.26. The van der Waals surface area contributed by atoms with E-state index in [1.807, 2.05) is 0 Å². The third kappa shape index (κ3) is 7.96. The van der Waals surface area contributed by atoms with E-state index in [9.17, 15) is 0 Å². The number of likely N-dealkylation sites (tertiary alicyclic amines) is 1. The molecule has 1 aromatic rings. The maximum absolute atomic E-state index is 5.42. The van der Waals surface area contributed by atoms with Gasteiger partial charge in [-0.3, -0.25) is 9.80 Å². The van der Waals surface area contributed by atoms with E-state index in [2.05, 4.69) is 51.6 Å². The zero-order chi connectivity index (χ0) is 20.2. The van der Waals surface area contributed by atoms with Crippen LogP contribution in [0.5, 0.6) is 0 Å². The van der Waals surface area contributed by atoms with Gasteiger partial charge in [0.25, 0.3) is 0 Å². The van der Waals surface area contributed by atoms with Gasteiger partial charge in [-0.05, 0) is 44.0 Å². The molecule has 3 rings (SSSR count). The number of aliphatic imine (C=N–C) groups is 1. The molecule has 29 heavy (non-hydrogen) atoms. The van der Waals surface area contributed by atoms with Gasteiger partial charge in [-0.25, -0.2) is 4.99 Å². The molecule has 1 aromatic carbocycles. The zero-order valence-electron chi connectivity index (χ0n) is 18.2. The van der Waals surface area contributed by atoms with Crippen LogP contribution in [0.1, 0.15) is 43.7 Å². The normalized spacial score (nSPS) is 19.7. The molecule has 2 heterocycles. The third-order valence-electron chi connectivity index (χ3n) is 5.79. The lowest BCUT2D eigenvalue weighted by molar-refractivity contribution is 0.0389. The van der Waals surface area contributed by atoms with Gasteiger partial charge in [-0.15, -0.1) is 0 Å². The SMILES string of the molecule is CCNC(=NCc1ccccc1CN1CCCCCC1)NCCN1CCOCC1. The molecule has 2 fully saturated rings. The van der Waals surface area contributed by atoms with Crippen molar-refractivity contribution in [2.24, 2.45) is 4.99 Å². The number of nitrogens with zero attached hydrogens (tertiary/aromatic N) is 3. The Hall–Kier alpha value is -1.63. The van der Waals surface area contributed by atoms with Crippen LogP contribution in [-0.4, -0.2) is 74.8 Å². The van der Waals surface area contributed by atoms with E-state index in [-0.39, 0.29) is 0 Å². The second-order valence-corrected chi connectivity index (χ2v) is 8.04. The van der Waals surface area contributed by atoms with Crippen molar-refractivity contribution in [3.05, 3.63) is 35.4 Å². The Morgan fingerprint density at radius 2 is 1.66 bits per heavy atom. The van der Waals surface area contributed by atoms with Gasteiger partial charge in [0.1, 0.15) is 0 Å². The van der Waals surface area contributed by atoms with Gasteiger partial charge in [-0.1, -0.05) is 37.1 Å². The summed E-state index contributed by atoms with van der Waals surface area (Å²) >= 11 is 0. The van der Waals surface area contributed by atoms with Gasteiger partial charge in [0, 0.05) is 39.3 Å². The van der Waals surface area contributed by atoms with Gasteiger partial charge in [0.15, 0.2) is 5.96 Å². The summed E-state index contributed by atoms with van der Waals surface area (Å²) in [5.41, 5.74) is 2.75. The number of hydrogen-bond acceptors (Lipinski definition) is 4. The monoisotopic (exact) mass is 401 g/mol. The van der Waals surface area contributed by atoms with Gasteiger partial charge in [0.05, 0.1) is 19.8 Å². The Morgan fingerprint density at radius 3 is 2.38 bits per heavy atom. The predicted octanol–water partition coefficient (Wildman–Crippen LogP) is 2.45. The molecule has 0 bridgehead atoms. The Kier molecular flexibility index (Phi) is 9.76. The van der Waals surface area contributed by atoms with Crippen LogP contribution in [0.25, 0.3) is 0 Å². The summed E-state index contributed by atoms with van der Waals surface area (Å²) in [5.74, 6) is 0.908. The molecule has 0 aromatic heterocycles. The number of benzene rings is 1. The first-order valence-corrected chi connectivity index (χ1v) is 11.5. The van der Waals surface area contributed by atoms with Crippen LogP contribution in [-0.2, 0) is 17.8 Å². The molecule has 6 nitrogen and oxygen atoms in total. The molecule has 0 atom stereocenters. The maximum Gasteiger partial charge on any atom is 0.191 e. The molecule has 0 unspecified atom stereocenters. The number of nitrogens with one attached hydrogen (secondary N) is 2. The number of hydrogen-bond donors (Lipinski definition) is 2. The number of ether oxygens (including phenoxy) is 1. The van der Waals surface area contributed by atoms with E-state index < -0.39 is 0 Å². The van der Waals surface area contributed by atoms with Crippen LogP contribution in [0.2, 0.25) is 0 Å². The molecule has 2 N–H and O–H groups in total. The number of rotatable bonds is 8. The van der Waals surface area contributed by atoms with Crippen molar-refractivity contribution in [1.82, 2.24) is 20.4 Å². The van der Waals surface area contributed by atoms with E-state index in [1.54, 1.807) is 0 Å². The first kappa shape index (κ1) is 22.1. The van der Waals surface area contributed by atoms with Crippen molar-refractivity contribution in [2.45, 2.75) is 45.7 Å². The first-order valence-electron chi connectivity index (χ1n) is 11.5. The summed E-state index contributed by atoms with van der Waals surface area (Å²) < 4.78 is 5.42. The molecular weight excluding hydrogens is 362 g/mol. The summed E-state index contributed by atoms with van der Waals surface area (Å²) in [4.78, 5) is 9.92. The smallest absolute Gasteiger partial charge is 0.191 e. The summed E-state index contributed by atoms with van der Waals surface area (Å²) in [6, 6.07) is 8.80. The quantitative estimate of drug-likeness (QED) is 0.518. The molecule has 2 aliphatic heterocycles. The Bertz CT molecular complexity index is 607. The van der Waals surface area contributed by atoms with Crippen LogP contribution < -0.4 is 10.6 Å². The fourth-order valence-corrected chi connectivity index (χ4v) is 4.06. The van der Waals surface area contributed by atoms with E-state index >= 15 is 0 Å². The lowest BCUT2D eigenvalue weighted by Crippen LogP contribution is -2.44. The van der Waals surface area contributed by atoms with E-state index in [0.717, 1.165) is 65.0 Å². The predicted molar refractivity (Wildman–Crippen MR) is 120 cm³/mol. The van der Waals surface area contributed by atoms with E-state index in [1.165, 1.54) is 49.9 Å². The largest absolute Gasteiger partial charge is 0.379 e. The molecule has 0 radical (unpaired) electrons. The molecular formula is C23H39N5O. The van der Waals surface area contributed by atoms with Crippen molar-refractivity contribution in [3.63, 3.8) is 0 Å². The van der Waals surface area contributed by atoms with Crippen molar-refractivity contribution in [1.29, 1.82) is 0 Å². The van der Waals surface area contributed by atoms with Crippen LogP contribution in [0.3, 0.4) is 0 Å². The van der Waals surface area contributed by atoms with Crippen LogP contribution in [0.4, 0.5) is 0 Å². The van der Waals surface area contributed by atoms with E-state index in [0.29, 0.717) is 0 Å². The Labute approximate surface area is 176 Å². The summed E-state index contributed by atoms with van der Waals surface area (Å²) in [6.07, 6.45) is 5.42. The van der Waals surface area contributed by atoms with Gasteiger partial charge in [-0.2, -0.15) is 0 Å². The van der Waals surface area contributed by atoms with Crippen molar-refractivity contribution in [3.8, 4) is 0 Å². The molecule has 0 spiro atoms. The molecule has 6 heteroatoms. The summed E-state index contributed by atoms with van der Waals surface area (Å²) in [7, 11) is 0. The molecule has 2 saturated heterocycles. The van der Waals surface area contributed by atoms with E-state index in [4.69, 9.17) is 9.73 Å². The summed E-state index contributed by atoms with van der Waals surface area (Å²) in [5, 5.41) is 6.88. The van der Waals surface area contributed by atoms with Crippen molar-refractivity contribution < 1.29 is 4.74 Å². The lowest BCUT2D eigenvalue weighted by atomic mass is 10.1. The summed E-state index contributed by atoms with van der Waals surface area (Å²) in [6.45, 7) is 12.9. The van der Waals surface area contributed by atoms with Gasteiger partial charge in [0.2, 0.25) is 0 Å². The second-order valence-electron chi connectivity index (χ2n) is 8.04. The average molecular weight is 402 g/mol. The van der Waals surface area contributed by atoms with Crippen LogP contribution >= 0.6 is 0 Å². The molecule has 162 valence electrons. The molecule has 0 amide bonds. The number of guanidine groups is 1. The highest BCUT2D eigenvalue weighted by Crippen LogP contribution is 2.16. The molecule has 2 aliphatic rings. The minimum Gasteiger partial charge on any atom is -0.379 e. The molecule has 0 aliphatic carbocycles. The Balaban J connectivity index is 1.53. The second kappa shape index (κ2) is 12.8. The minimum absolute atomic E-state index is 0.719. The van der Waals surface area contributed by atoms with Gasteiger partial charge >= 0.3 is 0 Å². The third-order valence-corrected chi connectivity index (χ3v) is 5.79. The fraction of sp³-hybridized carbons (Fsp3) is 0.696. The average Bonchev–Trinajstić information content (AvgIpc) is 3.02. The first-order chi connectivity index (χ1) is 14.3. The van der Waals surface area contributed by atoms with Crippen LogP contribution in [0, 0.1) is 0 Å². The number of morpholine rings is 1. The van der Waals surface area contributed by atoms with Crippen LogP contribution in [0.15, 0.2) is 29.3 Å².